The minimum Gasteiger partial charge on any atom is -0.0832 e. The molecule has 1 aliphatic rings. The van der Waals surface area contributed by atoms with Crippen molar-refractivity contribution in [2.45, 2.75) is 24.2 Å². The molecular formula is C9H13I. The van der Waals surface area contributed by atoms with Crippen molar-refractivity contribution >= 4 is 22.6 Å². The van der Waals surface area contributed by atoms with Crippen LogP contribution in [-0.4, -0.2) is 3.92 Å². The van der Waals surface area contributed by atoms with Crippen molar-refractivity contribution in [1.82, 2.24) is 0 Å². The largest absolute Gasteiger partial charge is 0.0832 e. The number of allylic oxidation sites excluding steroid dienone is 4. The van der Waals surface area contributed by atoms with E-state index in [1.807, 2.05) is 0 Å². The summed E-state index contributed by atoms with van der Waals surface area (Å²) in [6, 6.07) is 0. The third-order valence-electron chi connectivity index (χ3n) is 1.80. The summed E-state index contributed by atoms with van der Waals surface area (Å²) in [4.78, 5) is 0. The van der Waals surface area contributed by atoms with Crippen molar-refractivity contribution in [1.29, 1.82) is 0 Å². The molecule has 0 nitrogen and oxygen atoms in total. The van der Waals surface area contributed by atoms with Gasteiger partial charge in [0.1, 0.15) is 0 Å². The van der Waals surface area contributed by atoms with Gasteiger partial charge in [0.25, 0.3) is 0 Å². The van der Waals surface area contributed by atoms with Crippen molar-refractivity contribution in [3.8, 4) is 0 Å². The van der Waals surface area contributed by atoms with Crippen LogP contribution in [0, 0.1) is 5.92 Å². The molecule has 0 fully saturated rings. The SMILES string of the molecule is CC(C)C1=CC=CCC1I. The second kappa shape index (κ2) is 3.56. The van der Waals surface area contributed by atoms with E-state index >= 15 is 0 Å². The normalized spacial score (nSPS) is 25.2. The molecule has 1 heteroatoms. The maximum Gasteiger partial charge on any atom is 0.0358 e. The molecule has 0 aromatic carbocycles. The zero-order valence-electron chi connectivity index (χ0n) is 6.47. The van der Waals surface area contributed by atoms with Crippen molar-refractivity contribution in [3.05, 3.63) is 23.8 Å². The van der Waals surface area contributed by atoms with Crippen molar-refractivity contribution in [3.63, 3.8) is 0 Å². The Bertz CT molecular complexity index is 166. The fourth-order valence-corrected chi connectivity index (χ4v) is 2.39. The minimum absolute atomic E-state index is 0.715. The van der Waals surface area contributed by atoms with Gasteiger partial charge in [0, 0.05) is 3.92 Å². The zero-order valence-corrected chi connectivity index (χ0v) is 8.63. The van der Waals surface area contributed by atoms with Gasteiger partial charge in [0.2, 0.25) is 0 Å². The van der Waals surface area contributed by atoms with Gasteiger partial charge in [-0.15, -0.1) is 0 Å². The molecule has 1 atom stereocenters. The van der Waals surface area contributed by atoms with E-state index in [2.05, 4.69) is 54.7 Å². The van der Waals surface area contributed by atoms with Crippen LogP contribution in [0.25, 0.3) is 0 Å². The van der Waals surface area contributed by atoms with E-state index < -0.39 is 0 Å². The van der Waals surface area contributed by atoms with Crippen molar-refractivity contribution in [2.24, 2.45) is 5.92 Å². The highest BCUT2D eigenvalue weighted by Gasteiger charge is 2.13. The molecule has 0 bridgehead atoms. The first kappa shape index (κ1) is 8.31. The summed E-state index contributed by atoms with van der Waals surface area (Å²) in [6.45, 7) is 4.52. The lowest BCUT2D eigenvalue weighted by molar-refractivity contribution is 0.727. The Labute approximate surface area is 76.5 Å². The first-order valence-corrected chi connectivity index (χ1v) is 4.97. The third kappa shape index (κ3) is 1.84. The first-order valence-electron chi connectivity index (χ1n) is 3.72. The average Bonchev–Trinajstić information content (AvgIpc) is 1.88. The Balaban J connectivity index is 2.70. The van der Waals surface area contributed by atoms with E-state index in [1.54, 1.807) is 5.57 Å². The van der Waals surface area contributed by atoms with Crippen LogP contribution in [0.3, 0.4) is 0 Å². The van der Waals surface area contributed by atoms with E-state index in [-0.39, 0.29) is 0 Å². The molecule has 10 heavy (non-hydrogen) atoms. The Kier molecular flexibility index (Phi) is 2.96. The van der Waals surface area contributed by atoms with Gasteiger partial charge in [0.15, 0.2) is 0 Å². The number of hydrogen-bond acceptors (Lipinski definition) is 0. The molecule has 0 radical (unpaired) electrons. The lowest BCUT2D eigenvalue weighted by atomic mass is 9.95. The topological polar surface area (TPSA) is 0 Å². The molecule has 0 amide bonds. The van der Waals surface area contributed by atoms with E-state index in [0.29, 0.717) is 5.92 Å². The summed E-state index contributed by atoms with van der Waals surface area (Å²) in [5.74, 6) is 0.715. The van der Waals surface area contributed by atoms with Gasteiger partial charge in [-0.05, 0) is 12.3 Å². The number of rotatable bonds is 1. The van der Waals surface area contributed by atoms with Crippen LogP contribution >= 0.6 is 22.6 Å². The van der Waals surface area contributed by atoms with Crippen LogP contribution in [0.1, 0.15) is 20.3 Å². The van der Waals surface area contributed by atoms with Crippen LogP contribution < -0.4 is 0 Å². The molecule has 1 rings (SSSR count). The molecule has 1 unspecified atom stereocenters. The Morgan fingerprint density at radius 1 is 1.60 bits per heavy atom. The highest BCUT2D eigenvalue weighted by atomic mass is 127. The third-order valence-corrected chi connectivity index (χ3v) is 3.02. The molecule has 0 aliphatic heterocycles. The molecular weight excluding hydrogens is 235 g/mol. The Morgan fingerprint density at radius 3 is 2.70 bits per heavy atom. The quantitative estimate of drug-likeness (QED) is 0.493. The van der Waals surface area contributed by atoms with Gasteiger partial charge < -0.3 is 0 Å². The van der Waals surface area contributed by atoms with E-state index in [9.17, 15) is 0 Å². The van der Waals surface area contributed by atoms with Crippen LogP contribution in [0.15, 0.2) is 23.8 Å². The molecule has 0 saturated heterocycles. The molecule has 0 aromatic rings. The maximum atomic E-state index is 2.51. The highest BCUT2D eigenvalue weighted by molar-refractivity contribution is 14.1. The van der Waals surface area contributed by atoms with E-state index in [1.165, 1.54) is 6.42 Å². The zero-order chi connectivity index (χ0) is 7.56. The first-order chi connectivity index (χ1) is 4.72. The molecule has 56 valence electrons. The molecule has 0 spiro atoms. The molecule has 0 saturated carbocycles. The summed E-state index contributed by atoms with van der Waals surface area (Å²) in [6.07, 6.45) is 7.88. The predicted octanol–water partition coefficient (Wildman–Crippen LogP) is 3.33. The van der Waals surface area contributed by atoms with Gasteiger partial charge in [-0.25, -0.2) is 0 Å². The van der Waals surface area contributed by atoms with Crippen LogP contribution in [0.4, 0.5) is 0 Å². The maximum absolute atomic E-state index is 2.51. The number of hydrogen-bond donors (Lipinski definition) is 0. The minimum atomic E-state index is 0.715. The Morgan fingerprint density at radius 2 is 2.30 bits per heavy atom. The monoisotopic (exact) mass is 248 g/mol. The summed E-state index contributed by atoms with van der Waals surface area (Å²) in [7, 11) is 0. The second-order valence-electron chi connectivity index (χ2n) is 2.95. The lowest BCUT2D eigenvalue weighted by Gasteiger charge is -2.18. The van der Waals surface area contributed by atoms with Crippen LogP contribution in [0.5, 0.6) is 0 Å². The van der Waals surface area contributed by atoms with E-state index in [0.717, 1.165) is 3.92 Å². The second-order valence-corrected chi connectivity index (χ2v) is 4.46. The van der Waals surface area contributed by atoms with Gasteiger partial charge >= 0.3 is 0 Å². The standard InChI is InChI=1S/C9H13I/c1-7(2)8-5-3-4-6-9(8)10/h3-5,7,9H,6H2,1-2H3. The fourth-order valence-electron chi connectivity index (χ4n) is 1.17. The van der Waals surface area contributed by atoms with Crippen molar-refractivity contribution < 1.29 is 0 Å². The summed E-state index contributed by atoms with van der Waals surface area (Å²) >= 11 is 2.51. The van der Waals surface area contributed by atoms with Gasteiger partial charge in [-0.1, -0.05) is 60.2 Å². The lowest BCUT2D eigenvalue weighted by Crippen LogP contribution is -2.09. The Hall–Kier alpha value is 0.210. The predicted molar refractivity (Wildman–Crippen MR) is 54.5 cm³/mol. The summed E-state index contributed by atoms with van der Waals surface area (Å²) < 4.78 is 0.739. The smallest absolute Gasteiger partial charge is 0.0358 e. The number of alkyl halides is 1. The molecule has 0 heterocycles. The van der Waals surface area contributed by atoms with Gasteiger partial charge in [0.05, 0.1) is 0 Å². The molecule has 1 aliphatic carbocycles. The summed E-state index contributed by atoms with van der Waals surface area (Å²) in [5.41, 5.74) is 1.59. The molecule has 0 aromatic heterocycles. The number of halogens is 1. The van der Waals surface area contributed by atoms with Crippen molar-refractivity contribution in [2.75, 3.05) is 0 Å². The van der Waals surface area contributed by atoms with Crippen LogP contribution in [0.2, 0.25) is 0 Å². The van der Waals surface area contributed by atoms with Gasteiger partial charge in [-0.2, -0.15) is 0 Å². The van der Waals surface area contributed by atoms with Crippen LogP contribution in [-0.2, 0) is 0 Å². The van der Waals surface area contributed by atoms with Gasteiger partial charge in [-0.3, -0.25) is 0 Å². The molecule has 0 N–H and O–H groups in total. The van der Waals surface area contributed by atoms with E-state index in [4.69, 9.17) is 0 Å². The summed E-state index contributed by atoms with van der Waals surface area (Å²) in [5, 5.41) is 0. The fraction of sp³-hybridized carbons (Fsp3) is 0.556. The average molecular weight is 248 g/mol. The highest BCUT2D eigenvalue weighted by Crippen LogP contribution is 2.26.